The van der Waals surface area contributed by atoms with E-state index in [1.807, 2.05) is 6.07 Å². The summed E-state index contributed by atoms with van der Waals surface area (Å²) < 4.78 is 5.39. The Kier molecular flexibility index (Phi) is 4.36. The maximum absolute atomic E-state index is 5.85. The monoisotopic (exact) mass is 250 g/mol. The molecule has 1 aromatic rings. The summed E-state index contributed by atoms with van der Waals surface area (Å²) in [7, 11) is 2.08. The second-order valence-electron chi connectivity index (χ2n) is 4.77. The minimum atomic E-state index is 0.488. The van der Waals surface area contributed by atoms with Crippen LogP contribution in [0.1, 0.15) is 32.0 Å². The highest BCUT2D eigenvalue weighted by molar-refractivity contribution is 5.47. The molecule has 1 saturated heterocycles. The van der Waals surface area contributed by atoms with Gasteiger partial charge in [-0.2, -0.15) is 0 Å². The Morgan fingerprint density at radius 3 is 2.78 bits per heavy atom. The van der Waals surface area contributed by atoms with E-state index in [1.165, 1.54) is 0 Å². The Morgan fingerprint density at radius 2 is 2.11 bits per heavy atom. The molecule has 2 N–H and O–H groups in total. The lowest BCUT2D eigenvalue weighted by Crippen LogP contribution is -2.37. The Labute approximate surface area is 108 Å². The van der Waals surface area contributed by atoms with Crippen molar-refractivity contribution < 1.29 is 4.74 Å². The highest BCUT2D eigenvalue weighted by Crippen LogP contribution is 2.21. The summed E-state index contributed by atoms with van der Waals surface area (Å²) in [6.45, 7) is 3.78. The highest BCUT2D eigenvalue weighted by Gasteiger charge is 2.20. The van der Waals surface area contributed by atoms with Crippen molar-refractivity contribution in [3.63, 3.8) is 0 Å². The number of nitrogen functional groups attached to an aromatic ring is 1. The fourth-order valence-electron chi connectivity index (χ4n) is 2.28. The third kappa shape index (κ3) is 3.10. The summed E-state index contributed by atoms with van der Waals surface area (Å²) in [6.07, 6.45) is 4.00. The maximum Gasteiger partial charge on any atom is 0.134 e. The molecule has 0 bridgehead atoms. The maximum atomic E-state index is 5.85. The fourth-order valence-corrected chi connectivity index (χ4v) is 2.28. The van der Waals surface area contributed by atoms with Gasteiger partial charge in [0.05, 0.1) is 0 Å². The van der Waals surface area contributed by atoms with E-state index in [1.54, 1.807) is 0 Å². The molecule has 0 atom stereocenters. The summed E-state index contributed by atoms with van der Waals surface area (Å²) >= 11 is 0. The number of nitrogens with zero attached hydrogens (tertiary/aromatic N) is 3. The van der Waals surface area contributed by atoms with Crippen molar-refractivity contribution >= 4 is 11.6 Å². The zero-order valence-corrected chi connectivity index (χ0v) is 11.2. The van der Waals surface area contributed by atoms with Gasteiger partial charge < -0.3 is 15.4 Å². The predicted molar refractivity (Wildman–Crippen MR) is 72.7 cm³/mol. The molecule has 0 unspecified atom stereocenters. The number of anilines is 2. The number of nitrogens with two attached hydrogens (primary N) is 1. The van der Waals surface area contributed by atoms with Crippen LogP contribution in [0.3, 0.4) is 0 Å². The van der Waals surface area contributed by atoms with E-state index in [9.17, 15) is 0 Å². The lowest BCUT2D eigenvalue weighted by Gasteiger charge is -2.32. The zero-order valence-electron chi connectivity index (χ0n) is 11.2. The van der Waals surface area contributed by atoms with E-state index in [-0.39, 0.29) is 0 Å². The van der Waals surface area contributed by atoms with Gasteiger partial charge in [0.15, 0.2) is 0 Å². The number of ether oxygens (including phenoxy) is 1. The largest absolute Gasteiger partial charge is 0.384 e. The summed E-state index contributed by atoms with van der Waals surface area (Å²) in [6, 6.07) is 2.34. The van der Waals surface area contributed by atoms with Crippen molar-refractivity contribution in [3.05, 3.63) is 11.9 Å². The van der Waals surface area contributed by atoms with Crippen molar-refractivity contribution in [1.29, 1.82) is 0 Å². The number of rotatable bonds is 4. The minimum Gasteiger partial charge on any atom is -0.384 e. The first kappa shape index (κ1) is 13.1. The molecule has 0 aliphatic carbocycles. The van der Waals surface area contributed by atoms with Gasteiger partial charge in [-0.3, -0.25) is 0 Å². The molecule has 1 aliphatic rings. The predicted octanol–water partition coefficient (Wildman–Crippen LogP) is 1.63. The van der Waals surface area contributed by atoms with Crippen molar-refractivity contribution in [2.24, 2.45) is 0 Å². The third-order valence-electron chi connectivity index (χ3n) is 3.35. The van der Waals surface area contributed by atoms with Gasteiger partial charge in [-0.05, 0) is 19.3 Å². The van der Waals surface area contributed by atoms with Crippen LogP contribution in [-0.4, -0.2) is 36.3 Å². The van der Waals surface area contributed by atoms with Crippen molar-refractivity contribution in [1.82, 2.24) is 9.97 Å². The normalized spacial score (nSPS) is 16.8. The van der Waals surface area contributed by atoms with Gasteiger partial charge in [-0.15, -0.1) is 0 Å². The summed E-state index contributed by atoms with van der Waals surface area (Å²) in [5, 5.41) is 0. The van der Waals surface area contributed by atoms with Crippen LogP contribution in [0.15, 0.2) is 6.07 Å². The molecule has 18 heavy (non-hydrogen) atoms. The van der Waals surface area contributed by atoms with E-state index in [0.717, 1.165) is 50.5 Å². The molecule has 2 heterocycles. The summed E-state index contributed by atoms with van der Waals surface area (Å²) in [4.78, 5) is 11.1. The fraction of sp³-hybridized carbons (Fsp3) is 0.692. The molecule has 100 valence electrons. The molecule has 0 radical (unpaired) electrons. The second-order valence-corrected chi connectivity index (χ2v) is 4.77. The second kappa shape index (κ2) is 6.00. The van der Waals surface area contributed by atoms with E-state index in [0.29, 0.717) is 11.9 Å². The number of hydrogen-bond acceptors (Lipinski definition) is 5. The van der Waals surface area contributed by atoms with Crippen molar-refractivity contribution in [3.8, 4) is 0 Å². The van der Waals surface area contributed by atoms with Crippen LogP contribution >= 0.6 is 0 Å². The average Bonchev–Trinajstić information content (AvgIpc) is 2.38. The Bertz CT molecular complexity index is 391. The standard InChI is InChI=1S/C13H22N4O/c1-3-4-12-15-11(14)9-13(16-12)17(2)10-5-7-18-8-6-10/h9-10H,3-8H2,1-2H3,(H2,14,15,16). The lowest BCUT2D eigenvalue weighted by molar-refractivity contribution is 0.0853. The highest BCUT2D eigenvalue weighted by atomic mass is 16.5. The number of aryl methyl sites for hydroxylation is 1. The van der Waals surface area contributed by atoms with Crippen LogP contribution in [-0.2, 0) is 11.2 Å². The SMILES string of the molecule is CCCc1nc(N)cc(N(C)C2CCOCC2)n1. The van der Waals surface area contributed by atoms with Gasteiger partial charge in [0.25, 0.3) is 0 Å². The molecular weight excluding hydrogens is 228 g/mol. The molecule has 5 nitrogen and oxygen atoms in total. The van der Waals surface area contributed by atoms with E-state index in [4.69, 9.17) is 10.5 Å². The van der Waals surface area contributed by atoms with E-state index >= 15 is 0 Å². The number of hydrogen-bond donors (Lipinski definition) is 1. The van der Waals surface area contributed by atoms with E-state index in [2.05, 4.69) is 28.8 Å². The molecule has 0 amide bonds. The molecule has 2 rings (SSSR count). The van der Waals surface area contributed by atoms with Crippen LogP contribution in [0, 0.1) is 0 Å². The molecular formula is C13H22N4O. The smallest absolute Gasteiger partial charge is 0.134 e. The first-order chi connectivity index (χ1) is 8.70. The Morgan fingerprint density at radius 1 is 1.39 bits per heavy atom. The van der Waals surface area contributed by atoms with Crippen LogP contribution in [0.2, 0.25) is 0 Å². The lowest BCUT2D eigenvalue weighted by atomic mass is 10.1. The number of aromatic nitrogens is 2. The zero-order chi connectivity index (χ0) is 13.0. The van der Waals surface area contributed by atoms with Gasteiger partial charge in [-0.1, -0.05) is 6.92 Å². The van der Waals surface area contributed by atoms with Gasteiger partial charge in [0.2, 0.25) is 0 Å². The van der Waals surface area contributed by atoms with Gasteiger partial charge in [0.1, 0.15) is 17.5 Å². The summed E-state index contributed by atoms with van der Waals surface area (Å²) in [5.41, 5.74) is 5.85. The minimum absolute atomic E-state index is 0.488. The van der Waals surface area contributed by atoms with Crippen LogP contribution in [0.5, 0.6) is 0 Å². The first-order valence-corrected chi connectivity index (χ1v) is 6.64. The van der Waals surface area contributed by atoms with Gasteiger partial charge >= 0.3 is 0 Å². The summed E-state index contributed by atoms with van der Waals surface area (Å²) in [5.74, 6) is 2.33. The van der Waals surface area contributed by atoms with Gasteiger partial charge in [-0.25, -0.2) is 9.97 Å². The van der Waals surface area contributed by atoms with Gasteiger partial charge in [0, 0.05) is 38.8 Å². The third-order valence-corrected chi connectivity index (χ3v) is 3.35. The molecule has 0 aromatic carbocycles. The van der Waals surface area contributed by atoms with Crippen LogP contribution in [0.4, 0.5) is 11.6 Å². The Hall–Kier alpha value is -1.36. The van der Waals surface area contributed by atoms with Crippen LogP contribution < -0.4 is 10.6 Å². The molecule has 1 fully saturated rings. The van der Waals surface area contributed by atoms with Crippen LogP contribution in [0.25, 0.3) is 0 Å². The van der Waals surface area contributed by atoms with Crippen molar-refractivity contribution in [2.75, 3.05) is 30.9 Å². The average molecular weight is 250 g/mol. The molecule has 1 aliphatic heterocycles. The molecule has 5 heteroatoms. The molecule has 0 saturated carbocycles. The topological polar surface area (TPSA) is 64.3 Å². The van der Waals surface area contributed by atoms with E-state index < -0.39 is 0 Å². The first-order valence-electron chi connectivity index (χ1n) is 6.64. The molecule has 0 spiro atoms. The van der Waals surface area contributed by atoms with Crippen molar-refractivity contribution in [2.45, 2.75) is 38.6 Å². The quantitative estimate of drug-likeness (QED) is 0.879. The Balaban J connectivity index is 2.15. The molecule has 1 aromatic heterocycles.